The lowest BCUT2D eigenvalue weighted by Gasteiger charge is -2.14. The molecule has 1 aromatic heterocycles. The molecule has 2 aromatic carbocycles. The van der Waals surface area contributed by atoms with Gasteiger partial charge in [0.15, 0.2) is 5.82 Å². The molecule has 0 saturated heterocycles. The molecule has 2 heterocycles. The largest absolute Gasteiger partial charge is 0.381 e. The zero-order valence-electron chi connectivity index (χ0n) is 20.1. The standard InChI is InChI=1S/C24H31N7O3S2/c1-18-8-10-20(11-9-18)36(33,34)29-14-5-13-26-22-17-28-24-30-19-6-4-7-21(16-19)35(25,32)15-3-2-12-27-23(22)31-24/h4,6-11,16-17,25-26,29H,2-3,5,12-15H2,1H3,(H2,27,28,30,31). The van der Waals surface area contributed by atoms with E-state index in [2.05, 4.69) is 30.6 Å². The van der Waals surface area contributed by atoms with E-state index in [0.717, 1.165) is 12.0 Å². The molecule has 10 nitrogen and oxygen atoms in total. The van der Waals surface area contributed by atoms with Crippen LogP contribution in [0.15, 0.2) is 64.5 Å². The Morgan fingerprint density at radius 2 is 1.92 bits per heavy atom. The van der Waals surface area contributed by atoms with E-state index in [0.29, 0.717) is 59.7 Å². The lowest BCUT2D eigenvalue weighted by atomic mass is 10.2. The molecule has 1 aliphatic heterocycles. The van der Waals surface area contributed by atoms with Crippen LogP contribution < -0.4 is 20.7 Å². The summed E-state index contributed by atoms with van der Waals surface area (Å²) in [6.45, 7) is 3.32. The molecule has 192 valence electrons. The van der Waals surface area contributed by atoms with Crippen LogP contribution in [-0.4, -0.2) is 48.0 Å². The minimum Gasteiger partial charge on any atom is -0.381 e. The Bertz CT molecular complexity index is 1410. The number of benzene rings is 2. The molecule has 1 aliphatic rings. The highest BCUT2D eigenvalue weighted by Gasteiger charge is 2.15. The molecule has 0 aliphatic carbocycles. The van der Waals surface area contributed by atoms with Crippen molar-refractivity contribution < 1.29 is 12.6 Å². The topological polar surface area (TPSA) is 149 Å². The molecular formula is C24H31N7O3S2. The van der Waals surface area contributed by atoms with Gasteiger partial charge < -0.3 is 16.0 Å². The predicted molar refractivity (Wildman–Crippen MR) is 143 cm³/mol. The molecule has 4 bridgehead atoms. The summed E-state index contributed by atoms with van der Waals surface area (Å²) in [5.74, 6) is 1.29. The van der Waals surface area contributed by atoms with Gasteiger partial charge in [-0.05, 0) is 56.5 Å². The van der Waals surface area contributed by atoms with E-state index in [-0.39, 0.29) is 11.4 Å². The Morgan fingerprint density at radius 1 is 1.11 bits per heavy atom. The van der Waals surface area contributed by atoms with Crippen molar-refractivity contribution in [2.75, 3.05) is 41.3 Å². The van der Waals surface area contributed by atoms with Gasteiger partial charge in [0.25, 0.3) is 0 Å². The number of hydrogen-bond donors (Lipinski definition) is 5. The van der Waals surface area contributed by atoms with Crippen LogP contribution >= 0.6 is 0 Å². The minimum atomic E-state index is -3.54. The lowest BCUT2D eigenvalue weighted by Crippen LogP contribution is -2.26. The summed E-state index contributed by atoms with van der Waals surface area (Å²) in [7, 11) is -6.41. The molecule has 36 heavy (non-hydrogen) atoms. The second kappa shape index (κ2) is 11.2. The van der Waals surface area contributed by atoms with Gasteiger partial charge in [0.1, 0.15) is 0 Å². The SMILES string of the molecule is Cc1ccc(S(=O)(=O)NCCCNc2cnc3nc2NCCCCS(=N)(=O)c2cccc(c2)N3)cc1. The van der Waals surface area contributed by atoms with Gasteiger partial charge in [-0.2, -0.15) is 4.98 Å². The average molecular weight is 530 g/mol. The Hall–Kier alpha value is -3.22. The fourth-order valence-electron chi connectivity index (χ4n) is 3.69. The second-order valence-corrected chi connectivity index (χ2v) is 12.6. The third-order valence-corrected chi connectivity index (χ3v) is 9.06. The maximum Gasteiger partial charge on any atom is 0.240 e. The van der Waals surface area contributed by atoms with Crippen LogP contribution in [0.25, 0.3) is 0 Å². The van der Waals surface area contributed by atoms with Gasteiger partial charge in [-0.15, -0.1) is 0 Å². The van der Waals surface area contributed by atoms with Crippen molar-refractivity contribution in [1.82, 2.24) is 14.7 Å². The normalized spacial score (nSPS) is 18.0. The van der Waals surface area contributed by atoms with Gasteiger partial charge in [0.05, 0.1) is 26.5 Å². The Balaban J connectivity index is 1.39. The minimum absolute atomic E-state index is 0.250. The fourth-order valence-corrected chi connectivity index (χ4v) is 6.22. The number of fused-ring (bicyclic) bond motifs is 4. The van der Waals surface area contributed by atoms with E-state index in [1.54, 1.807) is 48.7 Å². The van der Waals surface area contributed by atoms with Gasteiger partial charge in [-0.3, -0.25) is 0 Å². The van der Waals surface area contributed by atoms with Crippen LogP contribution in [0.1, 0.15) is 24.8 Å². The molecule has 0 saturated carbocycles. The Morgan fingerprint density at radius 3 is 2.72 bits per heavy atom. The van der Waals surface area contributed by atoms with Crippen molar-refractivity contribution in [3.05, 3.63) is 60.3 Å². The van der Waals surface area contributed by atoms with Crippen LogP contribution in [-0.2, 0) is 19.8 Å². The van der Waals surface area contributed by atoms with Crippen molar-refractivity contribution in [2.24, 2.45) is 0 Å². The molecule has 4 rings (SSSR count). The summed E-state index contributed by atoms with van der Waals surface area (Å²) in [6, 6.07) is 13.8. The number of aromatic nitrogens is 2. The zero-order valence-corrected chi connectivity index (χ0v) is 21.7. The Labute approximate surface area is 212 Å². The molecule has 0 fully saturated rings. The number of rotatable bonds is 7. The van der Waals surface area contributed by atoms with Crippen LogP contribution in [0, 0.1) is 11.7 Å². The summed E-state index contributed by atoms with van der Waals surface area (Å²) in [4.78, 5) is 9.71. The summed E-state index contributed by atoms with van der Waals surface area (Å²) in [6.07, 6.45) is 3.62. The predicted octanol–water partition coefficient (Wildman–Crippen LogP) is 3.92. The summed E-state index contributed by atoms with van der Waals surface area (Å²) >= 11 is 0. The molecule has 1 unspecified atom stereocenters. The van der Waals surface area contributed by atoms with Gasteiger partial charge in [-0.1, -0.05) is 23.8 Å². The van der Waals surface area contributed by atoms with Crippen molar-refractivity contribution in [1.29, 1.82) is 4.78 Å². The van der Waals surface area contributed by atoms with Gasteiger partial charge in [0, 0.05) is 36.0 Å². The highest BCUT2D eigenvalue weighted by Crippen LogP contribution is 2.25. The lowest BCUT2D eigenvalue weighted by molar-refractivity contribution is 0.580. The van der Waals surface area contributed by atoms with Gasteiger partial charge >= 0.3 is 0 Å². The first-order valence-electron chi connectivity index (χ1n) is 11.8. The summed E-state index contributed by atoms with van der Waals surface area (Å²) in [5, 5.41) is 9.70. The van der Waals surface area contributed by atoms with E-state index in [1.165, 1.54) is 0 Å². The first-order chi connectivity index (χ1) is 17.2. The second-order valence-electron chi connectivity index (χ2n) is 8.61. The first kappa shape index (κ1) is 25.9. The van der Waals surface area contributed by atoms with E-state index >= 15 is 0 Å². The highest BCUT2D eigenvalue weighted by atomic mass is 32.2. The van der Waals surface area contributed by atoms with Crippen LogP contribution in [0.5, 0.6) is 0 Å². The molecule has 5 N–H and O–H groups in total. The maximum absolute atomic E-state index is 12.8. The van der Waals surface area contributed by atoms with Crippen molar-refractivity contribution >= 4 is 42.9 Å². The fraction of sp³-hybridized carbons (Fsp3) is 0.333. The van der Waals surface area contributed by atoms with Crippen LogP contribution in [0.4, 0.5) is 23.1 Å². The van der Waals surface area contributed by atoms with Gasteiger partial charge in [-0.25, -0.2) is 27.1 Å². The van der Waals surface area contributed by atoms with Crippen molar-refractivity contribution in [2.45, 2.75) is 36.0 Å². The smallest absolute Gasteiger partial charge is 0.240 e. The van der Waals surface area contributed by atoms with E-state index in [4.69, 9.17) is 4.78 Å². The molecule has 3 aromatic rings. The summed E-state index contributed by atoms with van der Waals surface area (Å²) < 4.78 is 48.6. The highest BCUT2D eigenvalue weighted by molar-refractivity contribution is 7.92. The number of nitrogens with one attached hydrogen (secondary N) is 5. The monoisotopic (exact) mass is 529 g/mol. The third kappa shape index (κ3) is 6.71. The number of aryl methyl sites for hydroxylation is 1. The number of anilines is 4. The Kier molecular flexibility index (Phi) is 8.07. The quantitative estimate of drug-likeness (QED) is 0.289. The molecule has 0 radical (unpaired) electrons. The maximum atomic E-state index is 12.8. The molecule has 12 heteroatoms. The van der Waals surface area contributed by atoms with Gasteiger partial charge in [0.2, 0.25) is 16.0 Å². The zero-order chi connectivity index (χ0) is 25.6. The molecule has 1 atom stereocenters. The molecule has 0 amide bonds. The number of sulfonamides is 1. The third-order valence-electron chi connectivity index (χ3n) is 5.70. The number of nitrogens with zero attached hydrogens (tertiary/aromatic N) is 2. The van der Waals surface area contributed by atoms with Crippen molar-refractivity contribution in [3.63, 3.8) is 0 Å². The van der Waals surface area contributed by atoms with Crippen molar-refractivity contribution in [3.8, 4) is 0 Å². The van der Waals surface area contributed by atoms with E-state index < -0.39 is 19.8 Å². The number of hydrogen-bond acceptors (Lipinski definition) is 9. The molecular weight excluding hydrogens is 498 g/mol. The van der Waals surface area contributed by atoms with E-state index in [9.17, 15) is 12.6 Å². The average Bonchev–Trinajstić information content (AvgIpc) is 2.85. The molecule has 0 spiro atoms. The van der Waals surface area contributed by atoms with E-state index in [1.807, 2.05) is 13.0 Å². The first-order valence-corrected chi connectivity index (χ1v) is 15.0. The summed E-state index contributed by atoms with van der Waals surface area (Å²) in [5.41, 5.74) is 2.37. The van der Waals surface area contributed by atoms with Crippen LogP contribution in [0.2, 0.25) is 0 Å². The van der Waals surface area contributed by atoms with Crippen LogP contribution in [0.3, 0.4) is 0 Å².